The number of fused-ring (bicyclic) bond motifs is 1. The summed E-state index contributed by atoms with van der Waals surface area (Å²) in [5.41, 5.74) is 1.07. The molecule has 2 aliphatic heterocycles. The lowest BCUT2D eigenvalue weighted by Gasteiger charge is -2.47. The summed E-state index contributed by atoms with van der Waals surface area (Å²) >= 11 is 1.83. The molecule has 4 rings (SSSR count). The fourth-order valence-corrected chi connectivity index (χ4v) is 5.11. The van der Waals surface area contributed by atoms with Crippen molar-refractivity contribution >= 4 is 17.2 Å². The first kappa shape index (κ1) is 18.5. The molecule has 0 bridgehead atoms. The molecule has 2 aromatic rings. The van der Waals surface area contributed by atoms with Gasteiger partial charge in [-0.05, 0) is 42.3 Å². The second-order valence-corrected chi connectivity index (χ2v) is 9.10. The van der Waals surface area contributed by atoms with Crippen LogP contribution in [0.5, 0.6) is 5.75 Å². The van der Waals surface area contributed by atoms with E-state index in [9.17, 15) is 4.79 Å². The maximum Gasteiger partial charge on any atom is 0.222 e. The number of benzene rings is 1. The normalized spacial score (nSPS) is 21.5. The van der Waals surface area contributed by atoms with Gasteiger partial charge in [-0.1, -0.05) is 24.3 Å². The summed E-state index contributed by atoms with van der Waals surface area (Å²) in [6.45, 7) is 3.13. The van der Waals surface area contributed by atoms with Crippen molar-refractivity contribution in [2.75, 3.05) is 27.2 Å². The summed E-state index contributed by atoms with van der Waals surface area (Å²) in [5, 5.41) is 2.15. The number of hydrogen-bond acceptors (Lipinski definition) is 4. The molecule has 0 saturated carbocycles. The third-order valence-corrected chi connectivity index (χ3v) is 6.81. The monoisotopic (exact) mass is 384 g/mol. The lowest BCUT2D eigenvalue weighted by molar-refractivity contribution is -0.129. The van der Waals surface area contributed by atoms with Crippen molar-refractivity contribution in [3.63, 3.8) is 0 Å². The third kappa shape index (κ3) is 4.04. The Bertz CT molecular complexity index is 779. The van der Waals surface area contributed by atoms with Gasteiger partial charge in [0.1, 0.15) is 11.4 Å². The zero-order chi connectivity index (χ0) is 18.9. The van der Waals surface area contributed by atoms with E-state index in [1.165, 1.54) is 10.4 Å². The molecule has 5 heteroatoms. The van der Waals surface area contributed by atoms with Crippen molar-refractivity contribution in [2.24, 2.45) is 0 Å². The lowest BCUT2D eigenvalue weighted by atomic mass is 9.76. The van der Waals surface area contributed by atoms with Gasteiger partial charge in [0.2, 0.25) is 5.91 Å². The zero-order valence-corrected chi connectivity index (χ0v) is 17.0. The molecule has 1 spiro atoms. The lowest BCUT2D eigenvalue weighted by Crippen LogP contribution is -2.50. The van der Waals surface area contributed by atoms with E-state index >= 15 is 0 Å². The van der Waals surface area contributed by atoms with Crippen LogP contribution in [0.2, 0.25) is 0 Å². The molecule has 0 aliphatic carbocycles. The van der Waals surface area contributed by atoms with Gasteiger partial charge in [0.05, 0.1) is 0 Å². The molecule has 2 aliphatic rings. The molecule has 3 heterocycles. The Balaban J connectivity index is 1.48. The van der Waals surface area contributed by atoms with Crippen molar-refractivity contribution in [1.29, 1.82) is 0 Å². The second kappa shape index (κ2) is 7.64. The van der Waals surface area contributed by atoms with Crippen LogP contribution in [-0.2, 0) is 11.3 Å². The predicted molar refractivity (Wildman–Crippen MR) is 109 cm³/mol. The number of carbonyl (C=O) groups excluding carboxylic acids is 1. The van der Waals surface area contributed by atoms with Crippen LogP contribution in [0, 0.1) is 0 Å². The molecule has 1 aromatic heterocycles. The molecule has 1 aromatic carbocycles. The summed E-state index contributed by atoms with van der Waals surface area (Å²) in [6, 6.07) is 12.6. The fourth-order valence-electron chi connectivity index (χ4n) is 4.37. The van der Waals surface area contributed by atoms with Gasteiger partial charge in [-0.3, -0.25) is 9.69 Å². The van der Waals surface area contributed by atoms with Gasteiger partial charge >= 0.3 is 0 Å². The van der Waals surface area contributed by atoms with Crippen molar-refractivity contribution in [2.45, 2.75) is 43.7 Å². The molecule has 1 saturated heterocycles. The number of likely N-dealkylation sites (tertiary alicyclic amines) is 1. The van der Waals surface area contributed by atoms with Crippen LogP contribution >= 0.6 is 11.3 Å². The number of hydrogen-bond donors (Lipinski definition) is 0. The van der Waals surface area contributed by atoms with Gasteiger partial charge in [-0.25, -0.2) is 0 Å². The van der Waals surface area contributed by atoms with Crippen LogP contribution in [0.25, 0.3) is 0 Å². The Labute approximate surface area is 165 Å². The van der Waals surface area contributed by atoms with Gasteiger partial charge < -0.3 is 9.64 Å². The maximum absolute atomic E-state index is 12.4. The van der Waals surface area contributed by atoms with Crippen LogP contribution < -0.4 is 4.74 Å². The van der Waals surface area contributed by atoms with Gasteiger partial charge in [0.15, 0.2) is 0 Å². The van der Waals surface area contributed by atoms with Gasteiger partial charge in [-0.15, -0.1) is 11.3 Å². The summed E-state index contributed by atoms with van der Waals surface area (Å²) in [7, 11) is 3.68. The average molecular weight is 385 g/mol. The Kier molecular flexibility index (Phi) is 5.24. The SMILES string of the molecule is CN(C)C(=O)C[C@@H]1CC2(CCN(Cc3cccs3)CC2)Oc2ccccc21. The minimum Gasteiger partial charge on any atom is -0.487 e. The first-order valence-electron chi connectivity index (χ1n) is 9.77. The van der Waals surface area contributed by atoms with E-state index in [1.54, 1.807) is 4.90 Å². The van der Waals surface area contributed by atoms with E-state index in [-0.39, 0.29) is 17.4 Å². The standard InChI is InChI=1S/C22H28N2O2S/c1-23(2)21(25)14-17-15-22(26-20-8-4-3-7-19(17)20)9-11-24(12-10-22)16-18-6-5-13-27-18/h3-8,13,17H,9-12,14-16H2,1-2H3/t17-/m1/s1. The van der Waals surface area contributed by atoms with E-state index in [4.69, 9.17) is 4.74 Å². The molecule has 1 fully saturated rings. The average Bonchev–Trinajstić information content (AvgIpc) is 3.17. The first-order valence-corrected chi connectivity index (χ1v) is 10.7. The van der Waals surface area contributed by atoms with Gasteiger partial charge in [-0.2, -0.15) is 0 Å². The van der Waals surface area contributed by atoms with Crippen molar-refractivity contribution in [3.8, 4) is 5.75 Å². The van der Waals surface area contributed by atoms with Crippen molar-refractivity contribution < 1.29 is 9.53 Å². The Morgan fingerprint density at radius 2 is 2.00 bits per heavy atom. The number of ether oxygens (including phenoxy) is 1. The van der Waals surface area contributed by atoms with Gasteiger partial charge in [0, 0.05) is 50.9 Å². The third-order valence-electron chi connectivity index (χ3n) is 5.95. The molecule has 144 valence electrons. The molecule has 0 unspecified atom stereocenters. The van der Waals surface area contributed by atoms with Crippen LogP contribution in [-0.4, -0.2) is 48.5 Å². The molecule has 4 nitrogen and oxygen atoms in total. The highest BCUT2D eigenvalue weighted by Gasteiger charge is 2.43. The molecule has 0 radical (unpaired) electrons. The topological polar surface area (TPSA) is 32.8 Å². The predicted octanol–water partition coefficient (Wildman–Crippen LogP) is 4.13. The van der Waals surface area contributed by atoms with E-state index < -0.39 is 0 Å². The van der Waals surface area contributed by atoms with Crippen molar-refractivity contribution in [3.05, 3.63) is 52.2 Å². The number of para-hydroxylation sites is 1. The number of piperidine rings is 1. The summed E-state index contributed by atoms with van der Waals surface area (Å²) in [5.74, 6) is 1.42. The Hall–Kier alpha value is -1.85. The van der Waals surface area contributed by atoms with Crippen LogP contribution in [0.15, 0.2) is 41.8 Å². The molecular formula is C22H28N2O2S. The Morgan fingerprint density at radius 1 is 1.22 bits per heavy atom. The molecule has 1 atom stereocenters. The van der Waals surface area contributed by atoms with Crippen LogP contribution in [0.3, 0.4) is 0 Å². The summed E-state index contributed by atoms with van der Waals surface area (Å²) in [4.78, 5) is 18.1. The number of thiophene rings is 1. The number of rotatable bonds is 4. The zero-order valence-electron chi connectivity index (χ0n) is 16.2. The molecule has 27 heavy (non-hydrogen) atoms. The quantitative estimate of drug-likeness (QED) is 0.795. The van der Waals surface area contributed by atoms with Crippen LogP contribution in [0.4, 0.5) is 0 Å². The highest BCUT2D eigenvalue weighted by molar-refractivity contribution is 7.09. The van der Waals surface area contributed by atoms with Crippen molar-refractivity contribution in [1.82, 2.24) is 9.80 Å². The minimum atomic E-state index is -0.127. The van der Waals surface area contributed by atoms with E-state index in [0.717, 1.165) is 44.6 Å². The molecule has 0 N–H and O–H groups in total. The van der Waals surface area contributed by atoms with E-state index in [0.29, 0.717) is 6.42 Å². The van der Waals surface area contributed by atoms with Crippen LogP contribution in [0.1, 0.15) is 42.0 Å². The fraction of sp³-hybridized carbons (Fsp3) is 0.500. The number of amides is 1. The molecular weight excluding hydrogens is 356 g/mol. The first-order chi connectivity index (χ1) is 13.0. The highest BCUT2D eigenvalue weighted by atomic mass is 32.1. The molecule has 1 amide bonds. The summed E-state index contributed by atoms with van der Waals surface area (Å²) < 4.78 is 6.57. The summed E-state index contributed by atoms with van der Waals surface area (Å²) in [6.07, 6.45) is 3.56. The second-order valence-electron chi connectivity index (χ2n) is 8.07. The minimum absolute atomic E-state index is 0.127. The highest BCUT2D eigenvalue weighted by Crippen LogP contribution is 2.46. The number of carbonyl (C=O) groups is 1. The Morgan fingerprint density at radius 3 is 2.70 bits per heavy atom. The smallest absolute Gasteiger partial charge is 0.222 e. The largest absolute Gasteiger partial charge is 0.487 e. The van der Waals surface area contributed by atoms with E-state index in [1.807, 2.05) is 31.5 Å². The van der Waals surface area contributed by atoms with E-state index in [2.05, 4.69) is 40.6 Å². The van der Waals surface area contributed by atoms with Gasteiger partial charge in [0.25, 0.3) is 0 Å². The number of nitrogens with zero attached hydrogens (tertiary/aromatic N) is 2. The maximum atomic E-state index is 12.4.